The van der Waals surface area contributed by atoms with Crippen LogP contribution in [-0.2, 0) is 4.79 Å². The molecule has 0 saturated heterocycles. The van der Waals surface area contributed by atoms with E-state index in [9.17, 15) is 9.90 Å². The Morgan fingerprint density at radius 2 is 1.96 bits per heavy atom. The monoisotopic (exact) mass is 372 g/mol. The van der Waals surface area contributed by atoms with Crippen molar-refractivity contribution in [1.82, 2.24) is 0 Å². The van der Waals surface area contributed by atoms with Crippen LogP contribution in [0, 0.1) is 53.3 Å². The van der Waals surface area contributed by atoms with Crippen LogP contribution in [0.25, 0.3) is 0 Å². The van der Waals surface area contributed by atoms with Gasteiger partial charge in [-0.1, -0.05) is 57.6 Å². The van der Waals surface area contributed by atoms with E-state index in [4.69, 9.17) is 5.11 Å². The van der Waals surface area contributed by atoms with Gasteiger partial charge in [0.25, 0.3) is 0 Å². The molecule has 2 aliphatic carbocycles. The Hall–Kier alpha value is -1.53. The summed E-state index contributed by atoms with van der Waals surface area (Å²) in [4.78, 5) is 10.8. The number of carboxylic acids is 1. The van der Waals surface area contributed by atoms with Gasteiger partial charge in [-0.15, -0.1) is 0 Å². The number of allylic oxidation sites excluding steroid dienone is 3. The molecule has 0 aromatic carbocycles. The van der Waals surface area contributed by atoms with Crippen molar-refractivity contribution < 1.29 is 15.0 Å². The molecule has 2 aliphatic rings. The summed E-state index contributed by atoms with van der Waals surface area (Å²) in [5.41, 5.74) is 1.41. The average molecular weight is 373 g/mol. The molecule has 0 radical (unpaired) electrons. The molecule has 2 rings (SSSR count). The Morgan fingerprint density at radius 1 is 1.26 bits per heavy atom. The fraction of sp³-hybridized carbons (Fsp3) is 0.708. The van der Waals surface area contributed by atoms with Crippen LogP contribution in [0.4, 0.5) is 0 Å². The topological polar surface area (TPSA) is 57.5 Å². The number of aliphatic carboxylic acids is 1. The van der Waals surface area contributed by atoms with E-state index >= 15 is 0 Å². The highest BCUT2D eigenvalue weighted by Gasteiger charge is 2.49. The summed E-state index contributed by atoms with van der Waals surface area (Å²) < 4.78 is 0. The van der Waals surface area contributed by atoms with Crippen molar-refractivity contribution in [2.24, 2.45) is 41.4 Å². The van der Waals surface area contributed by atoms with E-state index in [1.54, 1.807) is 0 Å². The van der Waals surface area contributed by atoms with Gasteiger partial charge < -0.3 is 10.2 Å². The molecule has 3 nitrogen and oxygen atoms in total. The zero-order valence-corrected chi connectivity index (χ0v) is 17.5. The number of fused-ring (bicyclic) bond motifs is 1. The van der Waals surface area contributed by atoms with Crippen LogP contribution in [-0.4, -0.2) is 22.3 Å². The molecule has 2 unspecified atom stereocenters. The summed E-state index contributed by atoms with van der Waals surface area (Å²) in [7, 11) is 0. The minimum Gasteiger partial charge on any atom is -0.478 e. The normalized spacial score (nSPS) is 38.0. The third kappa shape index (κ3) is 5.26. The van der Waals surface area contributed by atoms with Crippen LogP contribution in [0.3, 0.4) is 0 Å². The summed E-state index contributed by atoms with van der Waals surface area (Å²) in [6.45, 7) is 11.3. The molecule has 0 aromatic heterocycles. The molecule has 0 aliphatic heterocycles. The molecule has 0 spiro atoms. The highest BCUT2D eigenvalue weighted by Crippen LogP contribution is 2.52. The first-order valence-electron chi connectivity index (χ1n) is 10.5. The molecule has 0 bridgehead atoms. The highest BCUT2D eigenvalue weighted by atomic mass is 16.4. The predicted molar refractivity (Wildman–Crippen MR) is 110 cm³/mol. The van der Waals surface area contributed by atoms with Crippen LogP contribution in [0.15, 0.2) is 23.8 Å². The minimum absolute atomic E-state index is 0.169. The van der Waals surface area contributed by atoms with Gasteiger partial charge in [-0.25, -0.2) is 4.79 Å². The Labute approximate surface area is 164 Å². The second kappa shape index (κ2) is 9.60. The zero-order chi connectivity index (χ0) is 20.1. The number of hydrogen-bond donors (Lipinski definition) is 2. The van der Waals surface area contributed by atoms with Crippen molar-refractivity contribution in [2.45, 2.75) is 66.4 Å². The molecule has 8 atom stereocenters. The van der Waals surface area contributed by atoms with E-state index in [1.807, 2.05) is 0 Å². The third-order valence-corrected chi connectivity index (χ3v) is 6.90. The molecule has 0 heterocycles. The number of hydrogen-bond acceptors (Lipinski definition) is 2. The molecule has 2 fully saturated rings. The van der Waals surface area contributed by atoms with Crippen molar-refractivity contribution in [3.8, 4) is 11.8 Å². The van der Waals surface area contributed by atoms with Gasteiger partial charge >= 0.3 is 5.97 Å². The summed E-state index contributed by atoms with van der Waals surface area (Å²) in [5.74, 6) is 8.24. The first kappa shape index (κ1) is 21.8. The SMILES string of the molecule is CCC(C)/C=C(\C)[C@@H]1[C@H](C)C[C@@H]2C([C@@H](C)CC[C@@H]2O)[C@@H]1C#C/C=C/C(=O)O. The number of aliphatic hydroxyl groups excluding tert-OH is 1. The van der Waals surface area contributed by atoms with Gasteiger partial charge in [-0.3, -0.25) is 0 Å². The van der Waals surface area contributed by atoms with Gasteiger partial charge in [0.2, 0.25) is 0 Å². The standard InChI is InChI=1S/C24H36O3/c1-6-15(2)13-17(4)23-18(5)14-20-21(25)12-11-16(3)24(20)19(23)9-7-8-10-22(26)27/h8,10,13,15-16,18-21,23-25H,6,11-12,14H2,1-5H3,(H,26,27)/b10-8+,17-13+/t15?,16-,18+,19+,20-,21-,23+,24?/m0/s1. The molecule has 3 heteroatoms. The molecule has 150 valence electrons. The lowest BCUT2D eigenvalue weighted by Gasteiger charge is -2.51. The van der Waals surface area contributed by atoms with E-state index in [2.05, 4.69) is 52.5 Å². The van der Waals surface area contributed by atoms with Crippen molar-refractivity contribution in [3.63, 3.8) is 0 Å². The maximum atomic E-state index is 10.8. The lowest BCUT2D eigenvalue weighted by Crippen LogP contribution is -2.49. The fourth-order valence-electron chi connectivity index (χ4n) is 5.48. The van der Waals surface area contributed by atoms with Gasteiger partial charge in [0.05, 0.1) is 6.10 Å². The second-order valence-electron chi connectivity index (χ2n) is 8.88. The van der Waals surface area contributed by atoms with Gasteiger partial charge in [-0.05, 0) is 67.8 Å². The van der Waals surface area contributed by atoms with Crippen LogP contribution in [0.2, 0.25) is 0 Å². The van der Waals surface area contributed by atoms with Crippen LogP contribution in [0.5, 0.6) is 0 Å². The lowest BCUT2D eigenvalue weighted by molar-refractivity contribution is -0.131. The van der Waals surface area contributed by atoms with Crippen molar-refractivity contribution in [2.75, 3.05) is 0 Å². The van der Waals surface area contributed by atoms with Crippen molar-refractivity contribution in [1.29, 1.82) is 0 Å². The van der Waals surface area contributed by atoms with Crippen LogP contribution in [0.1, 0.15) is 60.3 Å². The third-order valence-electron chi connectivity index (χ3n) is 6.90. The van der Waals surface area contributed by atoms with Gasteiger partial charge in [0, 0.05) is 12.0 Å². The van der Waals surface area contributed by atoms with Crippen LogP contribution < -0.4 is 0 Å². The predicted octanol–water partition coefficient (Wildman–Crippen LogP) is 4.92. The minimum atomic E-state index is -0.968. The number of rotatable bonds is 4. The first-order chi connectivity index (χ1) is 12.8. The Bertz CT molecular complexity index is 636. The molecule has 0 aromatic rings. The van der Waals surface area contributed by atoms with E-state index < -0.39 is 5.97 Å². The Morgan fingerprint density at radius 3 is 2.59 bits per heavy atom. The number of aliphatic hydroxyl groups is 1. The molecule has 27 heavy (non-hydrogen) atoms. The smallest absolute Gasteiger partial charge is 0.328 e. The molecular formula is C24H36O3. The van der Waals surface area contributed by atoms with Gasteiger partial charge in [-0.2, -0.15) is 0 Å². The van der Waals surface area contributed by atoms with Gasteiger partial charge in [0.1, 0.15) is 0 Å². The zero-order valence-electron chi connectivity index (χ0n) is 17.5. The molecule has 2 saturated carbocycles. The van der Waals surface area contributed by atoms with Crippen molar-refractivity contribution in [3.05, 3.63) is 23.8 Å². The largest absolute Gasteiger partial charge is 0.478 e. The molecule has 2 N–H and O–H groups in total. The summed E-state index contributed by atoms with van der Waals surface area (Å²) in [6.07, 6.45) is 8.83. The second-order valence-corrected chi connectivity index (χ2v) is 8.88. The summed E-state index contributed by atoms with van der Waals surface area (Å²) in [6, 6.07) is 0. The Balaban J connectivity index is 2.42. The fourth-order valence-corrected chi connectivity index (χ4v) is 5.48. The first-order valence-corrected chi connectivity index (χ1v) is 10.5. The quantitative estimate of drug-likeness (QED) is 0.418. The van der Waals surface area contributed by atoms with E-state index in [1.165, 1.54) is 11.6 Å². The van der Waals surface area contributed by atoms with E-state index in [0.29, 0.717) is 35.5 Å². The number of carbonyl (C=O) groups is 1. The summed E-state index contributed by atoms with van der Waals surface area (Å²) >= 11 is 0. The average Bonchev–Trinajstić information content (AvgIpc) is 2.60. The highest BCUT2D eigenvalue weighted by molar-refractivity contribution is 5.80. The Kier molecular flexibility index (Phi) is 7.74. The van der Waals surface area contributed by atoms with Crippen molar-refractivity contribution >= 4 is 5.97 Å². The maximum absolute atomic E-state index is 10.8. The van der Waals surface area contributed by atoms with Gasteiger partial charge in [0.15, 0.2) is 0 Å². The van der Waals surface area contributed by atoms with E-state index in [-0.39, 0.29) is 12.0 Å². The lowest BCUT2D eigenvalue weighted by atomic mass is 9.53. The molecule has 0 amide bonds. The van der Waals surface area contributed by atoms with E-state index in [0.717, 1.165) is 31.8 Å². The summed E-state index contributed by atoms with van der Waals surface area (Å²) in [5, 5.41) is 19.5. The maximum Gasteiger partial charge on any atom is 0.328 e. The number of carboxylic acid groups (broad SMARTS) is 1. The van der Waals surface area contributed by atoms with Crippen LogP contribution >= 0.6 is 0 Å². The molecular weight excluding hydrogens is 336 g/mol.